The van der Waals surface area contributed by atoms with Crippen LogP contribution in [-0.4, -0.2) is 18.7 Å². The number of benzene rings is 1. The van der Waals surface area contributed by atoms with Crippen LogP contribution in [-0.2, 0) is 9.53 Å². The molecule has 0 bridgehead atoms. The Balaban J connectivity index is 2.91. The molecule has 0 aliphatic heterocycles. The predicted molar refractivity (Wildman–Crippen MR) is 64.9 cm³/mol. The summed E-state index contributed by atoms with van der Waals surface area (Å²) >= 11 is 11.6. The van der Waals surface area contributed by atoms with Gasteiger partial charge in [0.1, 0.15) is 0 Å². The van der Waals surface area contributed by atoms with Gasteiger partial charge in [-0.3, -0.25) is 0 Å². The van der Waals surface area contributed by atoms with E-state index in [1.54, 1.807) is 13.0 Å². The highest BCUT2D eigenvalue weighted by atomic mass is 35.5. The van der Waals surface area contributed by atoms with Gasteiger partial charge in [0.25, 0.3) is 0 Å². The van der Waals surface area contributed by atoms with E-state index < -0.39 is 18.2 Å². The second-order valence-corrected chi connectivity index (χ2v) is 4.19. The van der Waals surface area contributed by atoms with Crippen LogP contribution in [0.5, 0.6) is 0 Å². The van der Waals surface area contributed by atoms with Crippen LogP contribution in [0, 0.1) is 0 Å². The number of alkyl halides is 1. The van der Waals surface area contributed by atoms with Crippen LogP contribution in [0.2, 0.25) is 10.0 Å². The molecule has 0 heterocycles. The summed E-state index contributed by atoms with van der Waals surface area (Å²) in [4.78, 5) is 11.2. The zero-order valence-electron chi connectivity index (χ0n) is 9.12. The molecule has 17 heavy (non-hydrogen) atoms. The largest absolute Gasteiger partial charge is 0.464 e. The molecule has 0 aromatic heterocycles. The van der Waals surface area contributed by atoms with Gasteiger partial charge in [-0.25, -0.2) is 9.18 Å². The Bertz CT molecular complexity index is 414. The third kappa shape index (κ3) is 3.56. The molecule has 0 spiro atoms. The van der Waals surface area contributed by atoms with Gasteiger partial charge < -0.3 is 10.5 Å². The molecule has 0 fully saturated rings. The summed E-state index contributed by atoms with van der Waals surface area (Å²) in [6.45, 7) is 1.68. The SMILES string of the molecule is CCOC(=O)C(F)[C@H](N)c1cc(Cl)ccc1Cl. The van der Waals surface area contributed by atoms with Gasteiger partial charge in [0, 0.05) is 10.0 Å². The molecule has 0 aliphatic carbocycles. The molecule has 6 heteroatoms. The number of carbonyl (C=O) groups excluding carboxylic acids is 1. The van der Waals surface area contributed by atoms with Gasteiger partial charge in [-0.05, 0) is 30.7 Å². The van der Waals surface area contributed by atoms with Gasteiger partial charge in [-0.1, -0.05) is 23.2 Å². The molecular formula is C11H12Cl2FNO2. The van der Waals surface area contributed by atoms with E-state index in [1.165, 1.54) is 12.1 Å². The normalized spacial score (nSPS) is 14.2. The summed E-state index contributed by atoms with van der Waals surface area (Å²) in [7, 11) is 0. The highest BCUT2D eigenvalue weighted by Gasteiger charge is 2.29. The zero-order chi connectivity index (χ0) is 13.0. The maximum Gasteiger partial charge on any atom is 0.342 e. The molecule has 3 nitrogen and oxygen atoms in total. The van der Waals surface area contributed by atoms with Gasteiger partial charge >= 0.3 is 5.97 Å². The molecule has 94 valence electrons. The fourth-order valence-corrected chi connectivity index (χ4v) is 1.72. The predicted octanol–water partition coefficient (Wildman–Crippen LogP) is 2.89. The molecular weight excluding hydrogens is 268 g/mol. The number of carbonyl (C=O) groups is 1. The lowest BCUT2D eigenvalue weighted by atomic mass is 10.0. The summed E-state index contributed by atoms with van der Waals surface area (Å²) in [5.74, 6) is -1.00. The molecule has 0 radical (unpaired) electrons. The lowest BCUT2D eigenvalue weighted by Crippen LogP contribution is -2.31. The van der Waals surface area contributed by atoms with Crippen LogP contribution in [0.3, 0.4) is 0 Å². The van der Waals surface area contributed by atoms with Gasteiger partial charge in [0.15, 0.2) is 0 Å². The van der Waals surface area contributed by atoms with Crippen LogP contribution >= 0.6 is 23.2 Å². The number of hydrogen-bond acceptors (Lipinski definition) is 3. The maximum absolute atomic E-state index is 13.7. The molecule has 1 unspecified atom stereocenters. The molecule has 1 aromatic carbocycles. The number of rotatable bonds is 4. The Kier molecular flexibility index (Phi) is 5.18. The topological polar surface area (TPSA) is 52.3 Å². The van der Waals surface area contributed by atoms with Crippen LogP contribution in [0.15, 0.2) is 18.2 Å². The standard InChI is InChI=1S/C11H12Cl2FNO2/c1-2-17-11(16)9(14)10(15)7-5-6(12)3-4-8(7)13/h3-5,9-10H,2,15H2,1H3/t9?,10-/m1/s1. The fourth-order valence-electron chi connectivity index (χ4n) is 1.30. The number of esters is 1. The van der Waals surface area contributed by atoms with E-state index in [2.05, 4.69) is 4.74 Å². The van der Waals surface area contributed by atoms with Crippen molar-refractivity contribution in [3.05, 3.63) is 33.8 Å². The Morgan fingerprint density at radius 1 is 1.53 bits per heavy atom. The number of ether oxygens (including phenoxy) is 1. The number of hydrogen-bond donors (Lipinski definition) is 1. The van der Waals surface area contributed by atoms with Crippen molar-refractivity contribution in [3.63, 3.8) is 0 Å². The monoisotopic (exact) mass is 279 g/mol. The Morgan fingerprint density at radius 3 is 2.76 bits per heavy atom. The Hall–Kier alpha value is -0.840. The van der Waals surface area contributed by atoms with E-state index in [1.807, 2.05) is 0 Å². The fraction of sp³-hybridized carbons (Fsp3) is 0.364. The average molecular weight is 280 g/mol. The minimum Gasteiger partial charge on any atom is -0.464 e. The average Bonchev–Trinajstić information content (AvgIpc) is 2.30. The van der Waals surface area contributed by atoms with E-state index in [4.69, 9.17) is 28.9 Å². The lowest BCUT2D eigenvalue weighted by molar-refractivity contribution is -0.149. The summed E-state index contributed by atoms with van der Waals surface area (Å²) in [5, 5.41) is 0.629. The molecule has 1 rings (SSSR count). The summed E-state index contributed by atoms with van der Waals surface area (Å²) < 4.78 is 18.2. The molecule has 0 saturated heterocycles. The van der Waals surface area contributed by atoms with E-state index in [-0.39, 0.29) is 17.2 Å². The van der Waals surface area contributed by atoms with Gasteiger partial charge in [0.2, 0.25) is 6.17 Å². The van der Waals surface area contributed by atoms with Crippen molar-refractivity contribution in [3.8, 4) is 0 Å². The van der Waals surface area contributed by atoms with Crippen LogP contribution in [0.25, 0.3) is 0 Å². The summed E-state index contributed by atoms with van der Waals surface area (Å²) in [5.41, 5.74) is 5.90. The second kappa shape index (κ2) is 6.19. The van der Waals surface area contributed by atoms with Crippen LogP contribution in [0.1, 0.15) is 18.5 Å². The third-order valence-electron chi connectivity index (χ3n) is 2.14. The van der Waals surface area contributed by atoms with Crippen molar-refractivity contribution in [2.24, 2.45) is 5.73 Å². The first-order valence-electron chi connectivity index (χ1n) is 4.98. The van der Waals surface area contributed by atoms with E-state index in [0.29, 0.717) is 5.02 Å². The molecule has 0 amide bonds. The first kappa shape index (κ1) is 14.2. The van der Waals surface area contributed by atoms with Gasteiger partial charge in [0.05, 0.1) is 12.6 Å². The van der Waals surface area contributed by atoms with E-state index >= 15 is 0 Å². The highest BCUT2D eigenvalue weighted by molar-refractivity contribution is 6.33. The summed E-state index contributed by atoms with van der Waals surface area (Å²) in [6.07, 6.45) is -1.97. The lowest BCUT2D eigenvalue weighted by Gasteiger charge is -2.17. The first-order valence-corrected chi connectivity index (χ1v) is 5.74. The molecule has 2 N–H and O–H groups in total. The molecule has 2 atom stereocenters. The number of nitrogens with two attached hydrogens (primary N) is 1. The first-order chi connectivity index (χ1) is 7.97. The van der Waals surface area contributed by atoms with Crippen molar-refractivity contribution >= 4 is 29.2 Å². The highest BCUT2D eigenvalue weighted by Crippen LogP contribution is 2.28. The van der Waals surface area contributed by atoms with Crippen LogP contribution < -0.4 is 5.73 Å². The molecule has 1 aromatic rings. The van der Waals surface area contributed by atoms with E-state index in [9.17, 15) is 9.18 Å². The smallest absolute Gasteiger partial charge is 0.342 e. The van der Waals surface area contributed by atoms with E-state index in [0.717, 1.165) is 0 Å². The summed E-state index contributed by atoms with van der Waals surface area (Å²) in [6, 6.07) is 3.29. The van der Waals surface area contributed by atoms with Crippen molar-refractivity contribution in [1.82, 2.24) is 0 Å². The second-order valence-electron chi connectivity index (χ2n) is 3.35. The van der Waals surface area contributed by atoms with Crippen molar-refractivity contribution in [2.75, 3.05) is 6.61 Å². The van der Waals surface area contributed by atoms with Crippen molar-refractivity contribution in [1.29, 1.82) is 0 Å². The zero-order valence-corrected chi connectivity index (χ0v) is 10.6. The van der Waals surface area contributed by atoms with Gasteiger partial charge in [-0.2, -0.15) is 0 Å². The Morgan fingerprint density at radius 2 is 2.18 bits per heavy atom. The van der Waals surface area contributed by atoms with Crippen molar-refractivity contribution in [2.45, 2.75) is 19.1 Å². The third-order valence-corrected chi connectivity index (χ3v) is 2.72. The maximum atomic E-state index is 13.7. The molecule has 0 saturated carbocycles. The Labute approximate surface area is 109 Å². The number of halogens is 3. The van der Waals surface area contributed by atoms with Crippen LogP contribution in [0.4, 0.5) is 4.39 Å². The minimum atomic E-state index is -1.97. The quantitative estimate of drug-likeness (QED) is 0.863. The van der Waals surface area contributed by atoms with Gasteiger partial charge in [-0.15, -0.1) is 0 Å². The van der Waals surface area contributed by atoms with Crippen molar-refractivity contribution < 1.29 is 13.9 Å². The minimum absolute atomic E-state index is 0.0925. The molecule has 0 aliphatic rings.